The molecule has 0 saturated carbocycles. The molecule has 0 saturated heterocycles. The maximum atomic E-state index is 14.2. The normalized spacial score (nSPS) is 19.1. The molecule has 0 aliphatic carbocycles. The highest BCUT2D eigenvalue weighted by Crippen LogP contribution is 2.37. The van der Waals surface area contributed by atoms with Gasteiger partial charge in [-0.15, -0.1) is 0 Å². The van der Waals surface area contributed by atoms with Crippen molar-refractivity contribution in [3.05, 3.63) is 70.5 Å². The summed E-state index contributed by atoms with van der Waals surface area (Å²) in [5, 5.41) is 3.23. The molecule has 2 aromatic rings. The molecule has 2 unspecified atom stereocenters. The lowest BCUT2D eigenvalue weighted by Gasteiger charge is -2.33. The number of nitrogens with one attached hydrogen (secondary N) is 1. The summed E-state index contributed by atoms with van der Waals surface area (Å²) >= 11 is 0. The lowest BCUT2D eigenvalue weighted by Crippen LogP contribution is -2.30. The van der Waals surface area contributed by atoms with E-state index in [1.165, 1.54) is 11.6 Å². The number of likely N-dealkylation sites (N-methyl/N-ethyl adjacent to an activating group) is 1. The molecule has 0 bridgehead atoms. The molecule has 1 aliphatic heterocycles. The van der Waals surface area contributed by atoms with Crippen molar-refractivity contribution in [3.63, 3.8) is 0 Å². The highest BCUT2D eigenvalue weighted by Gasteiger charge is 2.30. The van der Waals surface area contributed by atoms with E-state index in [2.05, 4.69) is 17.4 Å². The smallest absolute Gasteiger partial charge is 0.128 e. The van der Waals surface area contributed by atoms with E-state index >= 15 is 0 Å². The molecule has 21 heavy (non-hydrogen) atoms. The van der Waals surface area contributed by atoms with Crippen molar-refractivity contribution in [1.82, 2.24) is 5.32 Å². The van der Waals surface area contributed by atoms with Crippen LogP contribution in [-0.4, -0.2) is 13.7 Å². The van der Waals surface area contributed by atoms with Crippen LogP contribution in [0.2, 0.25) is 0 Å². The topological polar surface area (TPSA) is 21.3 Å². The Morgan fingerprint density at radius 1 is 1.24 bits per heavy atom. The Morgan fingerprint density at radius 2 is 2.05 bits per heavy atom. The third-order valence-corrected chi connectivity index (χ3v) is 4.13. The van der Waals surface area contributed by atoms with E-state index in [-0.39, 0.29) is 18.0 Å². The first kappa shape index (κ1) is 14.2. The summed E-state index contributed by atoms with van der Waals surface area (Å²) in [5.74, 6) is -0.188. The number of halogens is 1. The number of benzene rings is 2. The molecule has 3 heteroatoms. The molecule has 1 N–H and O–H groups in total. The zero-order valence-corrected chi connectivity index (χ0v) is 12.4. The van der Waals surface area contributed by atoms with Gasteiger partial charge in [0.1, 0.15) is 11.9 Å². The molecule has 0 fully saturated rings. The molecule has 0 spiro atoms. The van der Waals surface area contributed by atoms with E-state index < -0.39 is 0 Å². The van der Waals surface area contributed by atoms with Crippen LogP contribution in [0.4, 0.5) is 4.39 Å². The number of hydrogen-bond donors (Lipinski definition) is 1. The summed E-state index contributed by atoms with van der Waals surface area (Å²) in [6.07, 6.45) is 0.760. The van der Waals surface area contributed by atoms with Crippen LogP contribution >= 0.6 is 0 Å². The van der Waals surface area contributed by atoms with E-state index in [4.69, 9.17) is 4.74 Å². The van der Waals surface area contributed by atoms with Crippen molar-refractivity contribution in [2.24, 2.45) is 0 Å². The molecule has 0 aromatic heterocycles. The molecule has 1 heterocycles. The number of hydrogen-bond acceptors (Lipinski definition) is 2. The van der Waals surface area contributed by atoms with Crippen LogP contribution in [0.1, 0.15) is 34.4 Å². The minimum absolute atomic E-state index is 0.156. The predicted octanol–water partition coefficient (Wildman–Crippen LogP) is 3.71. The summed E-state index contributed by atoms with van der Waals surface area (Å²) in [6.45, 7) is 2.65. The van der Waals surface area contributed by atoms with Crippen molar-refractivity contribution in [1.29, 1.82) is 0 Å². The van der Waals surface area contributed by atoms with Gasteiger partial charge < -0.3 is 10.1 Å². The average Bonchev–Trinajstić information content (AvgIpc) is 2.51. The zero-order valence-electron chi connectivity index (χ0n) is 12.4. The summed E-state index contributed by atoms with van der Waals surface area (Å²) in [6, 6.07) is 13.3. The number of aryl methyl sites for hydroxylation is 1. The Morgan fingerprint density at radius 3 is 2.86 bits per heavy atom. The first-order valence-electron chi connectivity index (χ1n) is 7.33. The van der Waals surface area contributed by atoms with Gasteiger partial charge in [-0.1, -0.05) is 42.0 Å². The fraction of sp³-hybridized carbons (Fsp3) is 0.333. The summed E-state index contributed by atoms with van der Waals surface area (Å²) in [7, 11) is 1.85. The van der Waals surface area contributed by atoms with Crippen molar-refractivity contribution >= 4 is 0 Å². The average molecular weight is 285 g/mol. The summed E-state index contributed by atoms with van der Waals surface area (Å²) in [5.41, 5.74) is 4.17. The largest absolute Gasteiger partial charge is 0.371 e. The molecule has 2 atom stereocenters. The van der Waals surface area contributed by atoms with Gasteiger partial charge in [0.2, 0.25) is 0 Å². The molecule has 0 radical (unpaired) electrons. The van der Waals surface area contributed by atoms with Crippen LogP contribution < -0.4 is 5.32 Å². The molecule has 0 amide bonds. The van der Waals surface area contributed by atoms with E-state index in [1.807, 2.05) is 32.2 Å². The van der Waals surface area contributed by atoms with Crippen molar-refractivity contribution in [2.45, 2.75) is 25.5 Å². The molecule has 3 rings (SSSR count). The highest BCUT2D eigenvalue weighted by molar-refractivity contribution is 5.35. The Kier molecular flexibility index (Phi) is 4.04. The predicted molar refractivity (Wildman–Crippen MR) is 81.8 cm³/mol. The molecule has 2 nitrogen and oxygen atoms in total. The van der Waals surface area contributed by atoms with Crippen molar-refractivity contribution in [2.75, 3.05) is 13.7 Å². The monoisotopic (exact) mass is 285 g/mol. The van der Waals surface area contributed by atoms with Crippen LogP contribution in [0.3, 0.4) is 0 Å². The minimum Gasteiger partial charge on any atom is -0.371 e. The number of rotatable bonds is 3. The van der Waals surface area contributed by atoms with Gasteiger partial charge in [-0.3, -0.25) is 0 Å². The van der Waals surface area contributed by atoms with Crippen molar-refractivity contribution in [3.8, 4) is 0 Å². The highest BCUT2D eigenvalue weighted by atomic mass is 19.1. The Labute approximate surface area is 125 Å². The molecular formula is C18H20FNO. The standard InChI is InChI=1S/C18H20FNO/c1-12-7-8-16(19)15(11-12)17(20-2)18-14-6-4-3-5-13(14)9-10-21-18/h3-8,11,17-18,20H,9-10H2,1-2H3. The van der Waals surface area contributed by atoms with Crippen LogP contribution in [0.5, 0.6) is 0 Å². The lowest BCUT2D eigenvalue weighted by atomic mass is 9.89. The van der Waals surface area contributed by atoms with Gasteiger partial charge in [-0.05, 0) is 37.6 Å². The van der Waals surface area contributed by atoms with E-state index in [0.29, 0.717) is 12.2 Å². The van der Waals surface area contributed by atoms with Gasteiger partial charge in [-0.2, -0.15) is 0 Å². The van der Waals surface area contributed by atoms with Crippen LogP contribution in [0.25, 0.3) is 0 Å². The van der Waals surface area contributed by atoms with Crippen LogP contribution in [0.15, 0.2) is 42.5 Å². The van der Waals surface area contributed by atoms with Gasteiger partial charge in [0, 0.05) is 5.56 Å². The number of fused-ring (bicyclic) bond motifs is 1. The maximum absolute atomic E-state index is 14.2. The minimum atomic E-state index is -0.189. The lowest BCUT2D eigenvalue weighted by molar-refractivity contribution is 0.0157. The van der Waals surface area contributed by atoms with E-state index in [9.17, 15) is 4.39 Å². The SMILES string of the molecule is CNC(c1cc(C)ccc1F)C1OCCc2ccccc21. The van der Waals surface area contributed by atoms with Gasteiger partial charge in [0.25, 0.3) is 0 Å². The Bertz CT molecular complexity index is 641. The Balaban J connectivity index is 2.03. The summed E-state index contributed by atoms with van der Waals surface area (Å²) < 4.78 is 20.2. The molecule has 2 aromatic carbocycles. The van der Waals surface area contributed by atoms with Gasteiger partial charge in [0.05, 0.1) is 12.6 Å². The van der Waals surface area contributed by atoms with Gasteiger partial charge in [0.15, 0.2) is 0 Å². The Hall–Kier alpha value is -1.71. The van der Waals surface area contributed by atoms with Gasteiger partial charge >= 0.3 is 0 Å². The van der Waals surface area contributed by atoms with E-state index in [0.717, 1.165) is 17.5 Å². The maximum Gasteiger partial charge on any atom is 0.128 e. The van der Waals surface area contributed by atoms with Crippen molar-refractivity contribution < 1.29 is 9.13 Å². The molecule has 1 aliphatic rings. The third kappa shape index (κ3) is 2.71. The third-order valence-electron chi connectivity index (χ3n) is 4.13. The first-order valence-corrected chi connectivity index (χ1v) is 7.33. The second-order valence-electron chi connectivity index (χ2n) is 5.53. The second-order valence-corrected chi connectivity index (χ2v) is 5.53. The van der Waals surface area contributed by atoms with Crippen LogP contribution in [0, 0.1) is 12.7 Å². The quantitative estimate of drug-likeness (QED) is 0.928. The fourth-order valence-corrected chi connectivity index (χ4v) is 3.07. The first-order chi connectivity index (χ1) is 10.2. The summed E-state index contributed by atoms with van der Waals surface area (Å²) in [4.78, 5) is 0. The number of ether oxygens (including phenoxy) is 1. The van der Waals surface area contributed by atoms with E-state index in [1.54, 1.807) is 6.07 Å². The second kappa shape index (κ2) is 5.96. The van der Waals surface area contributed by atoms with Gasteiger partial charge in [-0.25, -0.2) is 4.39 Å². The zero-order chi connectivity index (χ0) is 14.8. The molecule has 110 valence electrons. The molecular weight excluding hydrogens is 265 g/mol. The van der Waals surface area contributed by atoms with Crippen LogP contribution in [-0.2, 0) is 11.2 Å². The fourth-order valence-electron chi connectivity index (χ4n) is 3.07.